The first-order chi connectivity index (χ1) is 12.2. The Morgan fingerprint density at radius 3 is 2.48 bits per heavy atom. The molecule has 4 rings (SSSR count). The van der Waals surface area contributed by atoms with Gasteiger partial charge in [0.2, 0.25) is 5.91 Å². The zero-order valence-corrected chi connectivity index (χ0v) is 14.5. The second-order valence-corrected chi connectivity index (χ2v) is 6.95. The van der Waals surface area contributed by atoms with Crippen molar-refractivity contribution in [2.75, 3.05) is 11.4 Å². The Morgan fingerprint density at radius 1 is 1.04 bits per heavy atom. The zero-order chi connectivity index (χ0) is 17.4. The average molecular weight is 335 g/mol. The van der Waals surface area contributed by atoms with E-state index in [4.69, 9.17) is 0 Å². The van der Waals surface area contributed by atoms with Crippen molar-refractivity contribution in [2.45, 2.75) is 38.8 Å². The molecule has 2 heterocycles. The van der Waals surface area contributed by atoms with Gasteiger partial charge < -0.3 is 4.90 Å². The highest BCUT2D eigenvalue weighted by Gasteiger charge is 2.46. The third kappa shape index (κ3) is 2.87. The molecule has 0 bridgehead atoms. The monoisotopic (exact) mass is 335 g/mol. The van der Waals surface area contributed by atoms with Crippen LogP contribution in [0.15, 0.2) is 48.5 Å². The average Bonchev–Trinajstić information content (AvgIpc) is 2.96. The van der Waals surface area contributed by atoms with Gasteiger partial charge in [-0.15, -0.1) is 0 Å². The smallest absolute Gasteiger partial charge is 0.292 e. The largest absolute Gasteiger partial charge is 0.320 e. The first kappa shape index (κ1) is 16.0. The molecule has 1 N–H and O–H groups in total. The number of amides is 2. The van der Waals surface area contributed by atoms with Crippen molar-refractivity contribution in [3.8, 4) is 0 Å². The molecule has 128 valence electrons. The van der Waals surface area contributed by atoms with Gasteiger partial charge in [-0.25, -0.2) is 4.90 Å². The molecule has 0 spiro atoms. The summed E-state index contributed by atoms with van der Waals surface area (Å²) in [5.74, 6) is -0.130. The molecule has 2 aliphatic heterocycles. The van der Waals surface area contributed by atoms with Gasteiger partial charge in [0.25, 0.3) is 5.91 Å². The number of hydrogen-bond acceptors (Lipinski definition) is 2. The minimum absolute atomic E-state index is 0.0522. The zero-order valence-electron chi connectivity index (χ0n) is 14.5. The summed E-state index contributed by atoms with van der Waals surface area (Å²) in [6.45, 7) is 3.82. The number of imide groups is 1. The fourth-order valence-corrected chi connectivity index (χ4v) is 4.00. The second kappa shape index (κ2) is 6.45. The maximum Gasteiger partial charge on any atom is 0.292 e. The summed E-state index contributed by atoms with van der Waals surface area (Å²) in [6.07, 6.45) is 2.22. The molecular formula is C21H23N2O2+. The number of nitrogens with one attached hydrogen (secondary N) is 1. The number of carbonyl (C=O) groups excluding carboxylic acids is 2. The maximum absolute atomic E-state index is 13.0. The van der Waals surface area contributed by atoms with Crippen LogP contribution in [0.4, 0.5) is 5.69 Å². The summed E-state index contributed by atoms with van der Waals surface area (Å²) >= 11 is 0. The topological polar surface area (TPSA) is 41.8 Å². The maximum atomic E-state index is 13.0. The van der Waals surface area contributed by atoms with E-state index >= 15 is 0 Å². The molecule has 1 saturated heterocycles. The summed E-state index contributed by atoms with van der Waals surface area (Å²) in [5.41, 5.74) is 4.58. The van der Waals surface area contributed by atoms with Crippen LogP contribution in [0.3, 0.4) is 0 Å². The Balaban J connectivity index is 1.55. The predicted octanol–water partition coefficient (Wildman–Crippen LogP) is 1.52. The van der Waals surface area contributed by atoms with Gasteiger partial charge in [-0.3, -0.25) is 9.59 Å². The molecule has 2 aromatic rings. The Labute approximate surface area is 148 Å². The predicted molar refractivity (Wildman–Crippen MR) is 96.4 cm³/mol. The van der Waals surface area contributed by atoms with Crippen LogP contribution >= 0.6 is 0 Å². The van der Waals surface area contributed by atoms with E-state index in [1.54, 1.807) is 0 Å². The summed E-state index contributed by atoms with van der Waals surface area (Å²) in [4.78, 5) is 28.1. The van der Waals surface area contributed by atoms with Crippen molar-refractivity contribution in [2.24, 2.45) is 0 Å². The highest BCUT2D eigenvalue weighted by Crippen LogP contribution is 2.23. The number of hydrogen-bond donors (Lipinski definition) is 1. The Morgan fingerprint density at radius 2 is 1.76 bits per heavy atom. The Hall–Kier alpha value is -2.46. The second-order valence-electron chi connectivity index (χ2n) is 6.95. The number of benzene rings is 2. The summed E-state index contributed by atoms with van der Waals surface area (Å²) in [6, 6.07) is 15.9. The van der Waals surface area contributed by atoms with Crippen molar-refractivity contribution in [1.82, 2.24) is 0 Å². The lowest BCUT2D eigenvalue weighted by atomic mass is 9.98. The molecule has 2 atom stereocenters. The van der Waals surface area contributed by atoms with Gasteiger partial charge in [0.05, 0.1) is 18.7 Å². The summed E-state index contributed by atoms with van der Waals surface area (Å²) in [5, 5.41) is 0. The van der Waals surface area contributed by atoms with Crippen LogP contribution in [0, 0.1) is 0 Å². The van der Waals surface area contributed by atoms with Gasteiger partial charge in [0.1, 0.15) is 6.54 Å². The Kier molecular flexibility index (Phi) is 4.14. The number of fused-ring (bicyclic) bond motifs is 1. The third-order valence-electron chi connectivity index (χ3n) is 5.49. The van der Waals surface area contributed by atoms with Crippen molar-refractivity contribution < 1.29 is 14.5 Å². The van der Waals surface area contributed by atoms with E-state index < -0.39 is 0 Å². The Bertz CT molecular complexity index is 813. The molecule has 1 fully saturated rings. The molecule has 25 heavy (non-hydrogen) atoms. The van der Waals surface area contributed by atoms with Crippen LogP contribution in [0.2, 0.25) is 0 Å². The van der Waals surface area contributed by atoms with E-state index in [0.717, 1.165) is 25.9 Å². The minimum Gasteiger partial charge on any atom is -0.320 e. The van der Waals surface area contributed by atoms with E-state index in [0.29, 0.717) is 12.1 Å². The van der Waals surface area contributed by atoms with Gasteiger partial charge in [0.15, 0.2) is 6.04 Å². The van der Waals surface area contributed by atoms with Gasteiger partial charge >= 0.3 is 0 Å². The lowest BCUT2D eigenvalue weighted by Gasteiger charge is -2.29. The highest BCUT2D eigenvalue weighted by atomic mass is 16.2. The van der Waals surface area contributed by atoms with Crippen LogP contribution in [0.5, 0.6) is 0 Å². The number of quaternary nitrogens is 1. The summed E-state index contributed by atoms with van der Waals surface area (Å²) < 4.78 is 0. The SMILES string of the molecule is CCc1ccc(N2C(=O)C[C@@H]([NH+]3CCc4ccccc4C3)C2=O)cc1. The molecule has 0 saturated carbocycles. The van der Waals surface area contributed by atoms with Gasteiger partial charge in [-0.05, 0) is 29.7 Å². The quantitative estimate of drug-likeness (QED) is 0.864. The van der Waals surface area contributed by atoms with Crippen LogP contribution in [-0.4, -0.2) is 24.4 Å². The van der Waals surface area contributed by atoms with Gasteiger partial charge in [-0.2, -0.15) is 0 Å². The van der Waals surface area contributed by atoms with Crippen molar-refractivity contribution in [3.05, 3.63) is 65.2 Å². The normalized spacial score (nSPS) is 23.0. The number of carbonyl (C=O) groups is 2. The number of rotatable bonds is 3. The molecule has 4 heteroatoms. The van der Waals surface area contributed by atoms with E-state index in [1.165, 1.54) is 26.5 Å². The van der Waals surface area contributed by atoms with Crippen molar-refractivity contribution in [3.63, 3.8) is 0 Å². The lowest BCUT2D eigenvalue weighted by Crippen LogP contribution is -3.16. The minimum atomic E-state index is -0.258. The molecule has 0 aromatic heterocycles. The van der Waals surface area contributed by atoms with Gasteiger partial charge in [0, 0.05) is 12.0 Å². The molecule has 0 radical (unpaired) electrons. The molecule has 2 amide bonds. The fourth-order valence-electron chi connectivity index (χ4n) is 4.00. The van der Waals surface area contributed by atoms with E-state index in [2.05, 4.69) is 25.1 Å². The number of aryl methyl sites for hydroxylation is 1. The molecule has 1 unspecified atom stereocenters. The van der Waals surface area contributed by atoms with E-state index in [-0.39, 0.29) is 17.9 Å². The first-order valence-corrected chi connectivity index (χ1v) is 9.04. The lowest BCUT2D eigenvalue weighted by molar-refractivity contribution is -0.930. The molecular weight excluding hydrogens is 312 g/mol. The molecule has 0 aliphatic carbocycles. The van der Waals surface area contributed by atoms with E-state index in [9.17, 15) is 9.59 Å². The molecule has 2 aromatic carbocycles. The molecule has 4 nitrogen and oxygen atoms in total. The van der Waals surface area contributed by atoms with Crippen molar-refractivity contribution >= 4 is 17.5 Å². The van der Waals surface area contributed by atoms with Crippen LogP contribution in [0.1, 0.15) is 30.0 Å². The highest BCUT2D eigenvalue weighted by molar-refractivity contribution is 6.21. The first-order valence-electron chi connectivity index (χ1n) is 9.04. The number of nitrogens with zero attached hydrogens (tertiary/aromatic N) is 1. The van der Waals surface area contributed by atoms with Crippen LogP contribution in [-0.2, 0) is 29.0 Å². The third-order valence-corrected chi connectivity index (χ3v) is 5.49. The van der Waals surface area contributed by atoms with Gasteiger partial charge in [-0.1, -0.05) is 43.3 Å². The van der Waals surface area contributed by atoms with E-state index in [1.807, 2.05) is 30.3 Å². The standard InChI is InChI=1S/C21H22N2O2/c1-2-15-7-9-18(10-8-15)23-20(24)13-19(21(23)25)22-12-11-16-5-3-4-6-17(16)14-22/h3-10,19H,2,11-14H2,1H3/p+1/t19-/m1/s1. The van der Waals surface area contributed by atoms with Crippen molar-refractivity contribution in [1.29, 1.82) is 0 Å². The number of anilines is 1. The fraction of sp³-hybridized carbons (Fsp3) is 0.333. The molecule has 2 aliphatic rings. The van der Waals surface area contributed by atoms with Crippen LogP contribution < -0.4 is 9.80 Å². The summed E-state index contributed by atoms with van der Waals surface area (Å²) in [7, 11) is 0. The van der Waals surface area contributed by atoms with Crippen LogP contribution in [0.25, 0.3) is 0 Å².